The number of rotatable bonds is 15. The van der Waals surface area contributed by atoms with Gasteiger partial charge < -0.3 is 37.9 Å². The summed E-state index contributed by atoms with van der Waals surface area (Å²) in [4.78, 5) is 53.4. The summed E-state index contributed by atoms with van der Waals surface area (Å²) in [6, 6.07) is 25.3. The number of para-hydroxylation sites is 4. The summed E-state index contributed by atoms with van der Waals surface area (Å²) >= 11 is 0. The second-order valence-corrected chi connectivity index (χ2v) is 9.89. The highest BCUT2D eigenvalue weighted by Gasteiger charge is 2.34. The van der Waals surface area contributed by atoms with Crippen molar-refractivity contribution in [3.8, 4) is 23.0 Å². The highest BCUT2D eigenvalue weighted by Crippen LogP contribution is 2.25. The maximum absolute atomic E-state index is 13.5. The second-order valence-electron chi connectivity index (χ2n) is 9.89. The average molecular weight is 659 g/mol. The Morgan fingerprint density at radius 2 is 0.667 bits per heavy atom. The number of methoxy groups -OCH3 is 4. The Bertz CT molecular complexity index is 1610. The van der Waals surface area contributed by atoms with E-state index in [9.17, 15) is 19.2 Å². The molecule has 0 fully saturated rings. The van der Waals surface area contributed by atoms with E-state index in [-0.39, 0.29) is 45.3 Å². The van der Waals surface area contributed by atoms with E-state index < -0.39 is 49.3 Å². The first-order valence-electron chi connectivity index (χ1n) is 14.6. The lowest BCUT2D eigenvalue weighted by atomic mass is 10.1. The smallest absolute Gasteiger partial charge is 0.342 e. The van der Waals surface area contributed by atoms with E-state index in [4.69, 9.17) is 37.9 Å². The molecule has 0 radical (unpaired) electrons. The van der Waals surface area contributed by atoms with Crippen molar-refractivity contribution in [2.24, 2.45) is 0 Å². The van der Waals surface area contributed by atoms with E-state index in [0.29, 0.717) is 0 Å². The van der Waals surface area contributed by atoms with Gasteiger partial charge >= 0.3 is 23.9 Å². The molecular formula is C36H34O12. The van der Waals surface area contributed by atoms with Gasteiger partial charge in [0.2, 0.25) is 0 Å². The number of benzene rings is 4. The highest BCUT2D eigenvalue weighted by molar-refractivity contribution is 5.95. The van der Waals surface area contributed by atoms with Gasteiger partial charge in [0.1, 0.15) is 58.5 Å². The van der Waals surface area contributed by atoms with Gasteiger partial charge in [-0.05, 0) is 48.5 Å². The van der Waals surface area contributed by atoms with Crippen LogP contribution in [0, 0.1) is 0 Å². The zero-order valence-corrected chi connectivity index (χ0v) is 26.7. The fraction of sp³-hybridized carbons (Fsp3) is 0.222. The Labute approximate surface area is 277 Å². The molecule has 4 rings (SSSR count). The molecule has 0 amide bonds. The molecule has 4 aromatic carbocycles. The van der Waals surface area contributed by atoms with Crippen molar-refractivity contribution in [2.45, 2.75) is 12.2 Å². The van der Waals surface area contributed by atoms with Crippen molar-refractivity contribution in [1.82, 2.24) is 0 Å². The molecule has 0 aliphatic carbocycles. The minimum absolute atomic E-state index is 0.0434. The molecule has 12 heteroatoms. The van der Waals surface area contributed by atoms with Gasteiger partial charge in [-0.1, -0.05) is 48.5 Å². The summed E-state index contributed by atoms with van der Waals surface area (Å²) in [5, 5.41) is 0. The van der Waals surface area contributed by atoms with Crippen LogP contribution in [0.2, 0.25) is 0 Å². The Balaban J connectivity index is 1.69. The summed E-state index contributed by atoms with van der Waals surface area (Å²) in [6.07, 6.45) is -2.99. The van der Waals surface area contributed by atoms with E-state index in [0.717, 1.165) is 0 Å². The van der Waals surface area contributed by atoms with Crippen LogP contribution < -0.4 is 18.9 Å². The van der Waals surface area contributed by atoms with Crippen LogP contribution in [0.4, 0.5) is 0 Å². The van der Waals surface area contributed by atoms with Crippen molar-refractivity contribution in [1.29, 1.82) is 0 Å². The van der Waals surface area contributed by atoms with Crippen molar-refractivity contribution >= 4 is 23.9 Å². The van der Waals surface area contributed by atoms with Crippen LogP contribution in [0.25, 0.3) is 0 Å². The molecule has 0 bridgehead atoms. The lowest BCUT2D eigenvalue weighted by molar-refractivity contribution is -0.0754. The van der Waals surface area contributed by atoms with E-state index >= 15 is 0 Å². The number of esters is 4. The predicted molar refractivity (Wildman–Crippen MR) is 171 cm³/mol. The molecule has 0 spiro atoms. The molecule has 48 heavy (non-hydrogen) atoms. The van der Waals surface area contributed by atoms with Gasteiger partial charge in [0.15, 0.2) is 12.2 Å². The van der Waals surface area contributed by atoms with Crippen LogP contribution in [-0.4, -0.2) is 77.7 Å². The SMILES string of the molecule is COc1ccccc1C(=O)OCC(OC(=O)c1ccccc1OC)C(COC(=O)c1ccccc1OC)OC(=O)c1ccccc1OC. The van der Waals surface area contributed by atoms with Gasteiger partial charge in [-0.3, -0.25) is 0 Å². The van der Waals surface area contributed by atoms with Crippen LogP contribution in [0.1, 0.15) is 41.4 Å². The summed E-state index contributed by atoms with van der Waals surface area (Å²) in [7, 11) is 5.56. The lowest BCUT2D eigenvalue weighted by Crippen LogP contribution is -2.42. The molecule has 4 aromatic rings. The fourth-order valence-corrected chi connectivity index (χ4v) is 4.56. The maximum Gasteiger partial charge on any atom is 0.342 e. The normalized spacial score (nSPS) is 11.7. The first kappa shape index (κ1) is 34.8. The Morgan fingerprint density at radius 1 is 0.417 bits per heavy atom. The van der Waals surface area contributed by atoms with Crippen LogP contribution in [0.5, 0.6) is 23.0 Å². The third kappa shape index (κ3) is 8.60. The molecule has 0 saturated heterocycles. The first-order chi connectivity index (χ1) is 23.3. The van der Waals surface area contributed by atoms with E-state index in [1.807, 2.05) is 0 Å². The van der Waals surface area contributed by atoms with Gasteiger partial charge in [0, 0.05) is 0 Å². The number of carbonyl (C=O) groups excluding carboxylic acids is 4. The largest absolute Gasteiger partial charge is 0.496 e. The van der Waals surface area contributed by atoms with Crippen molar-refractivity contribution in [2.75, 3.05) is 41.7 Å². The Kier molecular flexibility index (Phi) is 12.4. The maximum atomic E-state index is 13.5. The average Bonchev–Trinajstić information content (AvgIpc) is 3.14. The predicted octanol–water partition coefficient (Wildman–Crippen LogP) is 5.19. The molecule has 0 aliphatic rings. The quantitative estimate of drug-likeness (QED) is 0.123. The number of carbonyl (C=O) groups is 4. The fourth-order valence-electron chi connectivity index (χ4n) is 4.56. The van der Waals surface area contributed by atoms with Crippen LogP contribution in [0.3, 0.4) is 0 Å². The molecular weight excluding hydrogens is 624 g/mol. The number of ether oxygens (including phenoxy) is 8. The third-order valence-corrected chi connectivity index (χ3v) is 7.00. The zero-order valence-electron chi connectivity index (χ0n) is 26.7. The van der Waals surface area contributed by atoms with Gasteiger partial charge in [-0.25, -0.2) is 19.2 Å². The molecule has 2 unspecified atom stereocenters. The third-order valence-electron chi connectivity index (χ3n) is 7.00. The van der Waals surface area contributed by atoms with Crippen molar-refractivity contribution in [3.63, 3.8) is 0 Å². The van der Waals surface area contributed by atoms with Gasteiger partial charge in [-0.15, -0.1) is 0 Å². The standard InChI is InChI=1S/C36H34O12/c1-41-27-17-9-5-13-23(27)33(37)45-21-31(47-35(39)25-15-7-11-19-29(25)43-3)32(48-36(40)26-16-8-12-20-30(26)44-4)22-46-34(38)24-14-6-10-18-28(24)42-2/h5-20,31-32H,21-22H2,1-4H3. The summed E-state index contributed by atoms with van der Waals surface area (Å²) in [6.45, 7) is -1.23. The Morgan fingerprint density at radius 3 is 0.938 bits per heavy atom. The summed E-state index contributed by atoms with van der Waals surface area (Å²) in [5.74, 6) is -2.50. The van der Waals surface area contributed by atoms with E-state index in [1.54, 1.807) is 72.8 Å². The highest BCUT2D eigenvalue weighted by atomic mass is 16.6. The minimum atomic E-state index is -1.50. The van der Waals surface area contributed by atoms with Crippen LogP contribution in [-0.2, 0) is 18.9 Å². The van der Waals surface area contributed by atoms with E-state index in [1.165, 1.54) is 52.7 Å². The molecule has 0 aliphatic heterocycles. The van der Waals surface area contributed by atoms with Gasteiger partial charge in [0.05, 0.1) is 28.4 Å². The summed E-state index contributed by atoms with van der Waals surface area (Å²) < 4.78 is 43.9. The number of hydrogen-bond donors (Lipinski definition) is 0. The first-order valence-corrected chi connectivity index (χ1v) is 14.6. The molecule has 12 nitrogen and oxygen atoms in total. The lowest BCUT2D eigenvalue weighted by Gasteiger charge is -2.27. The monoisotopic (exact) mass is 658 g/mol. The zero-order chi connectivity index (χ0) is 34.5. The molecule has 0 aromatic heterocycles. The van der Waals surface area contributed by atoms with E-state index in [2.05, 4.69) is 0 Å². The molecule has 250 valence electrons. The topological polar surface area (TPSA) is 142 Å². The summed E-state index contributed by atoms with van der Waals surface area (Å²) in [5.41, 5.74) is 0.281. The van der Waals surface area contributed by atoms with Crippen molar-refractivity contribution in [3.05, 3.63) is 119 Å². The molecule has 0 N–H and O–H groups in total. The second kappa shape index (κ2) is 17.0. The molecule has 0 saturated carbocycles. The van der Waals surface area contributed by atoms with Crippen molar-refractivity contribution < 1.29 is 57.1 Å². The van der Waals surface area contributed by atoms with Crippen LogP contribution in [0.15, 0.2) is 97.1 Å². The molecule has 2 atom stereocenters. The molecule has 0 heterocycles. The minimum Gasteiger partial charge on any atom is -0.496 e. The Hall–Kier alpha value is -6.04. The van der Waals surface area contributed by atoms with Gasteiger partial charge in [-0.2, -0.15) is 0 Å². The van der Waals surface area contributed by atoms with Crippen LogP contribution >= 0.6 is 0 Å². The number of hydrogen-bond acceptors (Lipinski definition) is 12. The van der Waals surface area contributed by atoms with Gasteiger partial charge in [0.25, 0.3) is 0 Å².